The standard InChI is InChI=1S/C15H17N5OS/c1-11(21)15-18-8-14(22-15)7-17-13-6-19-20(10-13)9-12-4-2-3-5-16-12/h2-6,8,10-11,17,21H,7,9H2,1H3. The van der Waals surface area contributed by atoms with E-state index < -0.39 is 6.10 Å². The van der Waals surface area contributed by atoms with Gasteiger partial charge in [0.05, 0.1) is 30.7 Å². The van der Waals surface area contributed by atoms with Crippen LogP contribution in [0.15, 0.2) is 43.0 Å². The number of aromatic nitrogens is 4. The van der Waals surface area contributed by atoms with Crippen LogP contribution in [-0.4, -0.2) is 24.9 Å². The summed E-state index contributed by atoms with van der Waals surface area (Å²) in [7, 11) is 0. The number of nitrogens with zero attached hydrogens (tertiary/aromatic N) is 4. The first-order chi connectivity index (χ1) is 10.7. The monoisotopic (exact) mass is 315 g/mol. The average molecular weight is 315 g/mol. The van der Waals surface area contributed by atoms with Crippen molar-refractivity contribution in [3.8, 4) is 0 Å². The van der Waals surface area contributed by atoms with E-state index in [9.17, 15) is 5.11 Å². The number of thiazole rings is 1. The lowest BCUT2D eigenvalue weighted by Gasteiger charge is -2.01. The van der Waals surface area contributed by atoms with E-state index in [0.717, 1.165) is 21.3 Å². The molecule has 0 bridgehead atoms. The molecule has 0 spiro atoms. The van der Waals surface area contributed by atoms with Gasteiger partial charge in [-0.05, 0) is 19.1 Å². The molecule has 0 radical (unpaired) electrons. The normalized spacial score (nSPS) is 12.3. The number of hydrogen-bond acceptors (Lipinski definition) is 6. The van der Waals surface area contributed by atoms with Gasteiger partial charge in [0.15, 0.2) is 0 Å². The van der Waals surface area contributed by atoms with E-state index in [0.29, 0.717) is 13.1 Å². The van der Waals surface area contributed by atoms with Gasteiger partial charge < -0.3 is 10.4 Å². The average Bonchev–Trinajstić information content (AvgIpc) is 3.15. The highest BCUT2D eigenvalue weighted by Crippen LogP contribution is 2.20. The molecule has 3 aromatic heterocycles. The molecular weight excluding hydrogens is 298 g/mol. The molecule has 1 atom stereocenters. The minimum absolute atomic E-state index is 0.514. The number of aliphatic hydroxyl groups is 1. The summed E-state index contributed by atoms with van der Waals surface area (Å²) in [5.74, 6) is 0. The Labute approximate surface area is 132 Å². The Bertz CT molecular complexity index is 722. The van der Waals surface area contributed by atoms with Crippen molar-refractivity contribution in [1.82, 2.24) is 19.7 Å². The number of nitrogens with one attached hydrogen (secondary N) is 1. The fourth-order valence-electron chi connectivity index (χ4n) is 1.99. The molecule has 0 aliphatic carbocycles. The molecule has 3 heterocycles. The van der Waals surface area contributed by atoms with E-state index in [2.05, 4.69) is 20.4 Å². The molecule has 0 aromatic carbocycles. The fraction of sp³-hybridized carbons (Fsp3) is 0.267. The van der Waals surface area contributed by atoms with Gasteiger partial charge in [0, 0.05) is 23.5 Å². The van der Waals surface area contributed by atoms with Crippen LogP contribution >= 0.6 is 11.3 Å². The van der Waals surface area contributed by atoms with Gasteiger partial charge in [0.1, 0.15) is 11.1 Å². The van der Waals surface area contributed by atoms with Crippen LogP contribution in [0.2, 0.25) is 0 Å². The van der Waals surface area contributed by atoms with Gasteiger partial charge in [0.25, 0.3) is 0 Å². The SMILES string of the molecule is CC(O)c1ncc(CNc2cnn(Cc3ccccn3)c2)s1. The molecule has 0 fully saturated rings. The summed E-state index contributed by atoms with van der Waals surface area (Å²) in [6.07, 6.45) is 6.80. The fourth-order valence-corrected chi connectivity index (χ4v) is 2.78. The van der Waals surface area contributed by atoms with Crippen LogP contribution < -0.4 is 5.32 Å². The lowest BCUT2D eigenvalue weighted by molar-refractivity contribution is 0.199. The first-order valence-electron chi connectivity index (χ1n) is 6.99. The summed E-state index contributed by atoms with van der Waals surface area (Å²) in [5, 5.41) is 17.8. The summed E-state index contributed by atoms with van der Waals surface area (Å²) in [6.45, 7) is 3.03. The molecule has 22 heavy (non-hydrogen) atoms. The largest absolute Gasteiger partial charge is 0.386 e. The topological polar surface area (TPSA) is 75.9 Å². The van der Waals surface area contributed by atoms with Gasteiger partial charge in [-0.3, -0.25) is 9.67 Å². The number of hydrogen-bond donors (Lipinski definition) is 2. The molecule has 1 unspecified atom stereocenters. The molecule has 0 aliphatic heterocycles. The van der Waals surface area contributed by atoms with E-state index in [4.69, 9.17) is 0 Å². The quantitative estimate of drug-likeness (QED) is 0.731. The highest BCUT2D eigenvalue weighted by Gasteiger charge is 2.07. The van der Waals surface area contributed by atoms with Crippen LogP contribution in [0.4, 0.5) is 5.69 Å². The number of rotatable bonds is 6. The number of aliphatic hydroxyl groups excluding tert-OH is 1. The molecule has 3 rings (SSSR count). The minimum Gasteiger partial charge on any atom is -0.386 e. The minimum atomic E-state index is -0.514. The predicted molar refractivity (Wildman–Crippen MR) is 85.6 cm³/mol. The number of pyridine rings is 1. The van der Waals surface area contributed by atoms with Crippen molar-refractivity contribution >= 4 is 17.0 Å². The van der Waals surface area contributed by atoms with Gasteiger partial charge in [-0.15, -0.1) is 11.3 Å². The van der Waals surface area contributed by atoms with Crippen LogP contribution in [0.25, 0.3) is 0 Å². The molecule has 0 saturated carbocycles. The third kappa shape index (κ3) is 3.69. The summed E-state index contributed by atoms with van der Waals surface area (Å²) in [6, 6.07) is 5.84. The van der Waals surface area contributed by atoms with Gasteiger partial charge in [-0.1, -0.05) is 6.07 Å². The van der Waals surface area contributed by atoms with Crippen LogP contribution in [0.3, 0.4) is 0 Å². The predicted octanol–water partition coefficient (Wildman–Crippen LogP) is 2.45. The van der Waals surface area contributed by atoms with Crippen LogP contribution in [0, 0.1) is 0 Å². The van der Waals surface area contributed by atoms with E-state index in [1.54, 1.807) is 25.5 Å². The molecule has 3 aromatic rings. The van der Waals surface area contributed by atoms with Gasteiger partial charge >= 0.3 is 0 Å². The maximum absolute atomic E-state index is 9.47. The van der Waals surface area contributed by atoms with Crippen molar-refractivity contribution in [2.75, 3.05) is 5.32 Å². The third-order valence-electron chi connectivity index (χ3n) is 3.08. The Morgan fingerprint density at radius 1 is 1.32 bits per heavy atom. The summed E-state index contributed by atoms with van der Waals surface area (Å²) >= 11 is 1.51. The molecule has 0 amide bonds. The summed E-state index contributed by atoms with van der Waals surface area (Å²) in [4.78, 5) is 9.55. The van der Waals surface area contributed by atoms with Crippen LogP contribution in [-0.2, 0) is 13.1 Å². The summed E-state index contributed by atoms with van der Waals surface area (Å²) < 4.78 is 1.85. The van der Waals surface area contributed by atoms with Crippen molar-refractivity contribution in [3.05, 3.63) is 58.6 Å². The van der Waals surface area contributed by atoms with Gasteiger partial charge in [-0.2, -0.15) is 5.10 Å². The van der Waals surface area contributed by atoms with E-state index in [1.165, 1.54) is 11.3 Å². The smallest absolute Gasteiger partial charge is 0.121 e. The molecule has 0 aliphatic rings. The molecule has 6 nitrogen and oxygen atoms in total. The van der Waals surface area contributed by atoms with Gasteiger partial charge in [0.2, 0.25) is 0 Å². The maximum atomic E-state index is 9.47. The summed E-state index contributed by atoms with van der Waals surface area (Å²) in [5.41, 5.74) is 1.92. The lowest BCUT2D eigenvalue weighted by Crippen LogP contribution is -2.01. The molecule has 114 valence electrons. The lowest BCUT2D eigenvalue weighted by atomic mass is 10.3. The maximum Gasteiger partial charge on any atom is 0.121 e. The van der Waals surface area contributed by atoms with Crippen molar-refractivity contribution in [1.29, 1.82) is 0 Å². The van der Waals surface area contributed by atoms with Crippen LogP contribution in [0.1, 0.15) is 28.6 Å². The van der Waals surface area contributed by atoms with Crippen molar-refractivity contribution in [3.63, 3.8) is 0 Å². The Balaban J connectivity index is 1.57. The van der Waals surface area contributed by atoms with E-state index >= 15 is 0 Å². The van der Waals surface area contributed by atoms with Crippen molar-refractivity contribution < 1.29 is 5.11 Å². The molecule has 2 N–H and O–H groups in total. The van der Waals surface area contributed by atoms with Crippen molar-refractivity contribution in [2.45, 2.75) is 26.1 Å². The molecule has 0 saturated heterocycles. The highest BCUT2D eigenvalue weighted by molar-refractivity contribution is 7.11. The first kappa shape index (κ1) is 14.7. The number of anilines is 1. The second-order valence-electron chi connectivity index (χ2n) is 4.94. The second-order valence-corrected chi connectivity index (χ2v) is 6.09. The van der Waals surface area contributed by atoms with E-state index in [1.807, 2.05) is 29.1 Å². The molecular formula is C15H17N5OS. The Kier molecular flexibility index (Phi) is 4.45. The Morgan fingerprint density at radius 3 is 2.95 bits per heavy atom. The first-order valence-corrected chi connectivity index (χ1v) is 7.81. The van der Waals surface area contributed by atoms with E-state index in [-0.39, 0.29) is 0 Å². The zero-order valence-corrected chi connectivity index (χ0v) is 13.0. The highest BCUT2D eigenvalue weighted by atomic mass is 32.1. The zero-order chi connectivity index (χ0) is 15.4. The molecule has 7 heteroatoms. The second kappa shape index (κ2) is 6.67. The Morgan fingerprint density at radius 2 is 2.23 bits per heavy atom. The Hall–Kier alpha value is -2.25. The van der Waals surface area contributed by atoms with Crippen LogP contribution in [0.5, 0.6) is 0 Å². The van der Waals surface area contributed by atoms with Gasteiger partial charge in [-0.25, -0.2) is 4.98 Å². The van der Waals surface area contributed by atoms with Crippen molar-refractivity contribution in [2.24, 2.45) is 0 Å². The third-order valence-corrected chi connectivity index (χ3v) is 4.25. The zero-order valence-electron chi connectivity index (χ0n) is 12.2.